The molecular weight excluding hydrogens is 416 g/mol. The van der Waals surface area contributed by atoms with Gasteiger partial charge in [-0.15, -0.1) is 0 Å². The number of aliphatic carboxylic acids is 1. The Balaban J connectivity index is 1.25. The first kappa shape index (κ1) is 22.7. The lowest BCUT2D eigenvalue weighted by Crippen LogP contribution is -2.37. The molecule has 0 radical (unpaired) electrons. The predicted octanol–water partition coefficient (Wildman–Crippen LogP) is 4.67. The number of nitrogens with one attached hydrogen (secondary N) is 2. The average molecular weight is 447 g/mol. The Hall–Kier alpha value is -3.45. The van der Waals surface area contributed by atoms with E-state index in [2.05, 4.69) is 32.7 Å². The van der Waals surface area contributed by atoms with Crippen LogP contribution in [0.4, 0.5) is 11.6 Å². The van der Waals surface area contributed by atoms with Gasteiger partial charge in [0.15, 0.2) is 0 Å². The van der Waals surface area contributed by atoms with Gasteiger partial charge < -0.3 is 20.5 Å². The highest BCUT2D eigenvalue weighted by Crippen LogP contribution is 2.25. The van der Waals surface area contributed by atoms with Crippen LogP contribution in [0.3, 0.4) is 0 Å². The maximum atomic E-state index is 11.2. The van der Waals surface area contributed by atoms with E-state index in [1.807, 2.05) is 36.4 Å². The third-order valence-electron chi connectivity index (χ3n) is 6.16. The van der Waals surface area contributed by atoms with Gasteiger partial charge in [0.2, 0.25) is 5.95 Å². The number of carboxylic acid groups (broad SMARTS) is 1. The minimum Gasteiger partial charge on any atom is -0.497 e. The van der Waals surface area contributed by atoms with Gasteiger partial charge in [-0.1, -0.05) is 30.7 Å². The highest BCUT2D eigenvalue weighted by atomic mass is 16.5. The summed E-state index contributed by atoms with van der Waals surface area (Å²) in [5.74, 6) is 0.503. The zero-order chi connectivity index (χ0) is 23.0. The zero-order valence-electron chi connectivity index (χ0n) is 18.8. The van der Waals surface area contributed by atoms with Gasteiger partial charge in [-0.2, -0.15) is 0 Å². The lowest BCUT2D eigenvalue weighted by molar-refractivity contribution is -0.143. The van der Waals surface area contributed by atoms with Crippen LogP contribution in [0.25, 0.3) is 11.1 Å². The number of rotatable bonds is 9. The summed E-state index contributed by atoms with van der Waals surface area (Å²) in [6.07, 6.45) is 8.09. The maximum absolute atomic E-state index is 11.2. The van der Waals surface area contributed by atoms with Crippen LogP contribution in [0.15, 0.2) is 60.9 Å². The van der Waals surface area contributed by atoms with Gasteiger partial charge in [-0.3, -0.25) is 4.79 Å². The number of aromatic nitrogens is 2. The first-order chi connectivity index (χ1) is 16.1. The molecule has 2 atom stereocenters. The normalized spacial score (nSPS) is 18.0. The number of carbonyl (C=O) groups is 1. The van der Waals surface area contributed by atoms with Crippen LogP contribution >= 0.6 is 0 Å². The molecule has 3 aromatic rings. The molecule has 1 heterocycles. The largest absolute Gasteiger partial charge is 0.497 e. The van der Waals surface area contributed by atoms with E-state index in [9.17, 15) is 9.90 Å². The van der Waals surface area contributed by atoms with Gasteiger partial charge in [0.25, 0.3) is 0 Å². The Morgan fingerprint density at radius 3 is 2.42 bits per heavy atom. The third-order valence-corrected chi connectivity index (χ3v) is 6.16. The highest BCUT2D eigenvalue weighted by Gasteiger charge is 2.26. The van der Waals surface area contributed by atoms with Crippen LogP contribution < -0.4 is 15.4 Å². The first-order valence-electron chi connectivity index (χ1n) is 11.4. The van der Waals surface area contributed by atoms with Crippen molar-refractivity contribution >= 4 is 17.6 Å². The smallest absolute Gasteiger partial charge is 0.306 e. The number of anilines is 2. The molecule has 0 spiro atoms. The molecule has 7 nitrogen and oxygen atoms in total. The summed E-state index contributed by atoms with van der Waals surface area (Å²) in [5.41, 5.74) is 4.14. The van der Waals surface area contributed by atoms with Crippen LogP contribution in [0.5, 0.6) is 5.75 Å². The van der Waals surface area contributed by atoms with E-state index < -0.39 is 5.97 Å². The van der Waals surface area contributed by atoms with E-state index in [0.717, 1.165) is 61.2 Å². The van der Waals surface area contributed by atoms with Crippen molar-refractivity contribution in [3.8, 4) is 16.9 Å². The third kappa shape index (κ3) is 6.29. The maximum Gasteiger partial charge on any atom is 0.306 e. The van der Waals surface area contributed by atoms with E-state index in [1.165, 1.54) is 5.56 Å². The molecule has 0 bridgehead atoms. The molecule has 1 saturated carbocycles. The molecule has 0 amide bonds. The van der Waals surface area contributed by atoms with E-state index in [0.29, 0.717) is 12.0 Å². The summed E-state index contributed by atoms with van der Waals surface area (Å²) >= 11 is 0. The van der Waals surface area contributed by atoms with Gasteiger partial charge in [-0.25, -0.2) is 9.97 Å². The van der Waals surface area contributed by atoms with Crippen molar-refractivity contribution in [2.75, 3.05) is 19.0 Å². The molecule has 2 aromatic carbocycles. The molecule has 0 saturated heterocycles. The molecule has 1 aliphatic rings. The summed E-state index contributed by atoms with van der Waals surface area (Å²) < 4.78 is 5.20. The molecule has 1 aliphatic carbocycles. The Kier molecular flexibility index (Phi) is 7.52. The number of hydrogen-bond donors (Lipinski definition) is 3. The standard InChI is InChI=1S/C26H30N4O3/c1-33-24-11-7-19(8-12-24)21-16-28-26(29-17-21)30-22-9-5-18(6-10-22)13-14-27-23-4-2-3-20(15-23)25(31)32/h5-12,16-17,20,23,27H,2-4,13-15H2,1H3,(H,31,32)(H,28,29,30). The summed E-state index contributed by atoms with van der Waals surface area (Å²) in [6, 6.07) is 16.3. The van der Waals surface area contributed by atoms with Crippen LogP contribution in [-0.4, -0.2) is 40.7 Å². The second-order valence-electron chi connectivity index (χ2n) is 8.45. The van der Waals surface area contributed by atoms with Crippen LogP contribution in [0.2, 0.25) is 0 Å². The minimum atomic E-state index is -0.663. The number of carboxylic acids is 1. The Bertz CT molecular complexity index is 1040. The van der Waals surface area contributed by atoms with Crippen LogP contribution in [0.1, 0.15) is 31.2 Å². The minimum absolute atomic E-state index is 0.200. The van der Waals surface area contributed by atoms with Crippen molar-refractivity contribution in [3.05, 3.63) is 66.5 Å². The quantitative estimate of drug-likeness (QED) is 0.439. The van der Waals surface area contributed by atoms with Gasteiger partial charge in [0, 0.05) is 29.7 Å². The Morgan fingerprint density at radius 2 is 1.76 bits per heavy atom. The molecule has 2 unspecified atom stereocenters. The molecule has 0 aliphatic heterocycles. The summed E-state index contributed by atoms with van der Waals surface area (Å²) in [7, 11) is 1.65. The lowest BCUT2D eigenvalue weighted by Gasteiger charge is -2.27. The number of benzene rings is 2. The Morgan fingerprint density at radius 1 is 1.03 bits per heavy atom. The summed E-state index contributed by atoms with van der Waals surface area (Å²) in [6.45, 7) is 0.847. The number of ether oxygens (including phenoxy) is 1. The van der Waals surface area contributed by atoms with Crippen LogP contribution in [0, 0.1) is 5.92 Å². The van der Waals surface area contributed by atoms with E-state index in [1.54, 1.807) is 19.5 Å². The molecule has 4 rings (SSSR count). The molecule has 172 valence electrons. The molecule has 7 heteroatoms. The molecule has 1 fully saturated rings. The number of methoxy groups -OCH3 is 1. The lowest BCUT2D eigenvalue weighted by atomic mass is 9.86. The highest BCUT2D eigenvalue weighted by molar-refractivity contribution is 5.70. The van der Waals surface area contributed by atoms with E-state index in [-0.39, 0.29) is 5.92 Å². The fourth-order valence-corrected chi connectivity index (χ4v) is 4.23. The van der Waals surface area contributed by atoms with Crippen LogP contribution in [-0.2, 0) is 11.2 Å². The van der Waals surface area contributed by atoms with E-state index in [4.69, 9.17) is 4.74 Å². The second kappa shape index (κ2) is 10.9. The van der Waals surface area contributed by atoms with E-state index >= 15 is 0 Å². The first-order valence-corrected chi connectivity index (χ1v) is 11.4. The average Bonchev–Trinajstić information content (AvgIpc) is 2.86. The SMILES string of the molecule is COc1ccc(-c2cnc(Nc3ccc(CCNC4CCCC(C(=O)O)C4)cc3)nc2)cc1. The van der Waals surface area contributed by atoms with Crippen molar-refractivity contribution in [1.82, 2.24) is 15.3 Å². The summed E-state index contributed by atoms with van der Waals surface area (Å²) in [4.78, 5) is 20.1. The number of nitrogens with zero attached hydrogens (tertiary/aromatic N) is 2. The fourth-order valence-electron chi connectivity index (χ4n) is 4.23. The molecular formula is C26H30N4O3. The number of hydrogen-bond acceptors (Lipinski definition) is 6. The predicted molar refractivity (Wildman–Crippen MR) is 129 cm³/mol. The monoisotopic (exact) mass is 446 g/mol. The molecule has 3 N–H and O–H groups in total. The summed E-state index contributed by atoms with van der Waals surface area (Å²) in [5, 5.41) is 16.0. The van der Waals surface area contributed by atoms with Crippen molar-refractivity contribution < 1.29 is 14.6 Å². The zero-order valence-corrected chi connectivity index (χ0v) is 18.8. The van der Waals surface area contributed by atoms with Gasteiger partial charge in [-0.05, 0) is 67.6 Å². The molecule has 1 aromatic heterocycles. The van der Waals surface area contributed by atoms with Gasteiger partial charge >= 0.3 is 5.97 Å². The van der Waals surface area contributed by atoms with Gasteiger partial charge in [0.1, 0.15) is 5.75 Å². The Labute approximate surface area is 194 Å². The van der Waals surface area contributed by atoms with Crippen molar-refractivity contribution in [2.24, 2.45) is 5.92 Å². The topological polar surface area (TPSA) is 96.4 Å². The van der Waals surface area contributed by atoms with Crippen molar-refractivity contribution in [3.63, 3.8) is 0 Å². The second-order valence-corrected chi connectivity index (χ2v) is 8.45. The van der Waals surface area contributed by atoms with Crippen molar-refractivity contribution in [1.29, 1.82) is 0 Å². The molecule has 33 heavy (non-hydrogen) atoms. The fraction of sp³-hybridized carbons (Fsp3) is 0.346. The van der Waals surface area contributed by atoms with Crippen molar-refractivity contribution in [2.45, 2.75) is 38.1 Å². The van der Waals surface area contributed by atoms with Gasteiger partial charge in [0.05, 0.1) is 13.0 Å².